The van der Waals surface area contributed by atoms with E-state index in [1.54, 1.807) is 42.5 Å². The first-order chi connectivity index (χ1) is 17.3. The van der Waals surface area contributed by atoms with E-state index in [1.165, 1.54) is 4.90 Å². The number of aryl methyl sites for hydroxylation is 1. The van der Waals surface area contributed by atoms with Crippen molar-refractivity contribution in [2.45, 2.75) is 26.8 Å². The van der Waals surface area contributed by atoms with E-state index in [9.17, 15) is 14.7 Å². The molecule has 2 aliphatic rings. The Bertz CT molecular complexity index is 1360. The third kappa shape index (κ3) is 4.28. The number of hydrogen-bond donors (Lipinski definition) is 1. The molecule has 3 aromatic carbocycles. The van der Waals surface area contributed by atoms with Crippen LogP contribution in [0.2, 0.25) is 0 Å². The Labute approximate surface area is 209 Å². The second kappa shape index (κ2) is 9.41. The van der Waals surface area contributed by atoms with Crippen LogP contribution in [0.5, 0.6) is 17.2 Å². The molecule has 1 atom stereocenters. The van der Waals surface area contributed by atoms with Crippen molar-refractivity contribution in [1.29, 1.82) is 0 Å². The minimum Gasteiger partial charge on any atom is -0.507 e. The normalized spacial score (nSPS) is 18.2. The quantitative estimate of drug-likeness (QED) is 0.286. The van der Waals surface area contributed by atoms with Gasteiger partial charge in [-0.3, -0.25) is 14.5 Å². The molecule has 5 rings (SSSR count). The predicted octanol–water partition coefficient (Wildman–Crippen LogP) is 5.38. The van der Waals surface area contributed by atoms with Gasteiger partial charge in [-0.05, 0) is 60.9 Å². The number of anilines is 1. The highest BCUT2D eigenvalue weighted by Crippen LogP contribution is 2.43. The largest absolute Gasteiger partial charge is 0.507 e. The number of ether oxygens (including phenoxy) is 3. The van der Waals surface area contributed by atoms with Crippen LogP contribution in [-0.4, -0.2) is 30.2 Å². The molecule has 2 aliphatic heterocycles. The van der Waals surface area contributed by atoms with Crippen LogP contribution in [-0.2, 0) is 9.59 Å². The van der Waals surface area contributed by atoms with Crippen molar-refractivity contribution in [3.63, 3.8) is 0 Å². The average Bonchev–Trinajstić information content (AvgIpc) is 3.44. The number of carbonyl (C=O) groups excluding carboxylic acids is 2. The monoisotopic (exact) mass is 485 g/mol. The molecular weight excluding hydrogens is 458 g/mol. The highest BCUT2D eigenvalue weighted by Gasteiger charge is 2.47. The number of nitrogens with zero attached hydrogens (tertiary/aromatic N) is 1. The molecule has 0 bridgehead atoms. The lowest BCUT2D eigenvalue weighted by Gasteiger charge is -2.26. The summed E-state index contributed by atoms with van der Waals surface area (Å²) in [7, 11) is 0. The molecule has 0 radical (unpaired) electrons. The molecule has 1 saturated heterocycles. The van der Waals surface area contributed by atoms with E-state index < -0.39 is 17.7 Å². The van der Waals surface area contributed by atoms with Crippen LogP contribution in [0.3, 0.4) is 0 Å². The Morgan fingerprint density at radius 3 is 2.50 bits per heavy atom. The van der Waals surface area contributed by atoms with Crippen molar-refractivity contribution in [3.05, 3.63) is 89.0 Å². The molecule has 0 aliphatic carbocycles. The first kappa shape index (κ1) is 23.5. The zero-order valence-corrected chi connectivity index (χ0v) is 20.4. The summed E-state index contributed by atoms with van der Waals surface area (Å²) in [5, 5.41) is 11.3. The zero-order chi connectivity index (χ0) is 25.4. The number of hydrogen-bond acceptors (Lipinski definition) is 6. The Balaban J connectivity index is 1.61. The van der Waals surface area contributed by atoms with Crippen molar-refractivity contribution in [1.82, 2.24) is 0 Å². The fraction of sp³-hybridized carbons (Fsp3) is 0.241. The molecule has 7 nitrogen and oxygen atoms in total. The van der Waals surface area contributed by atoms with Crippen molar-refractivity contribution in [2.75, 3.05) is 18.3 Å². The van der Waals surface area contributed by atoms with Gasteiger partial charge in [0.15, 0.2) is 11.5 Å². The minimum absolute atomic E-state index is 0.0181. The summed E-state index contributed by atoms with van der Waals surface area (Å²) < 4.78 is 16.6. The number of ketones is 1. The van der Waals surface area contributed by atoms with Gasteiger partial charge < -0.3 is 19.3 Å². The number of benzene rings is 3. The van der Waals surface area contributed by atoms with Gasteiger partial charge >= 0.3 is 0 Å². The van der Waals surface area contributed by atoms with E-state index in [1.807, 2.05) is 31.2 Å². The first-order valence-corrected chi connectivity index (χ1v) is 11.8. The zero-order valence-electron chi connectivity index (χ0n) is 20.4. The van der Waals surface area contributed by atoms with Crippen molar-refractivity contribution in [3.8, 4) is 17.2 Å². The van der Waals surface area contributed by atoms with E-state index in [2.05, 4.69) is 13.8 Å². The Morgan fingerprint density at radius 2 is 1.78 bits per heavy atom. The summed E-state index contributed by atoms with van der Waals surface area (Å²) in [6.07, 6.45) is 0. The molecular formula is C29H27NO6. The molecule has 0 aromatic heterocycles. The summed E-state index contributed by atoms with van der Waals surface area (Å²) >= 11 is 0. The van der Waals surface area contributed by atoms with Gasteiger partial charge in [0.2, 0.25) is 6.79 Å². The van der Waals surface area contributed by atoms with Crippen LogP contribution in [0.25, 0.3) is 5.76 Å². The lowest BCUT2D eigenvalue weighted by molar-refractivity contribution is -0.132. The van der Waals surface area contributed by atoms with E-state index in [4.69, 9.17) is 14.2 Å². The summed E-state index contributed by atoms with van der Waals surface area (Å²) in [5.41, 5.74) is 2.61. The Morgan fingerprint density at radius 1 is 1.03 bits per heavy atom. The van der Waals surface area contributed by atoms with Gasteiger partial charge in [-0.2, -0.15) is 0 Å². The van der Waals surface area contributed by atoms with E-state index in [0.29, 0.717) is 41.0 Å². The van der Waals surface area contributed by atoms with Gasteiger partial charge in [-0.1, -0.05) is 43.7 Å². The maximum atomic E-state index is 13.4. The molecule has 0 saturated carbocycles. The Hall–Kier alpha value is -4.26. The molecule has 1 amide bonds. The smallest absolute Gasteiger partial charge is 0.300 e. The number of carbonyl (C=O) groups is 2. The van der Waals surface area contributed by atoms with Crippen molar-refractivity contribution >= 4 is 23.1 Å². The molecule has 1 fully saturated rings. The van der Waals surface area contributed by atoms with Gasteiger partial charge in [0, 0.05) is 11.3 Å². The third-order valence-corrected chi connectivity index (χ3v) is 6.15. The van der Waals surface area contributed by atoms with Crippen LogP contribution in [0.4, 0.5) is 5.69 Å². The molecule has 1 N–H and O–H groups in total. The maximum absolute atomic E-state index is 13.4. The lowest BCUT2D eigenvalue weighted by atomic mass is 9.94. The topological polar surface area (TPSA) is 85.3 Å². The second-order valence-electron chi connectivity index (χ2n) is 9.35. The van der Waals surface area contributed by atoms with Gasteiger partial charge in [-0.15, -0.1) is 0 Å². The van der Waals surface area contributed by atoms with Crippen LogP contribution < -0.4 is 19.1 Å². The minimum atomic E-state index is -0.808. The SMILES string of the molecule is Cc1cccc(C2/C(=C(/O)c3ccc4c(c3)OCO4)C(=O)C(=O)N2c2ccc(OCC(C)C)cc2)c1. The Kier molecular flexibility index (Phi) is 6.14. The van der Waals surface area contributed by atoms with Gasteiger partial charge in [-0.25, -0.2) is 0 Å². The molecule has 184 valence electrons. The summed E-state index contributed by atoms with van der Waals surface area (Å²) in [5.74, 6) is 0.352. The molecule has 0 spiro atoms. The highest BCUT2D eigenvalue weighted by atomic mass is 16.7. The summed E-state index contributed by atoms with van der Waals surface area (Å²) in [6, 6.07) is 18.8. The third-order valence-electron chi connectivity index (χ3n) is 6.15. The van der Waals surface area contributed by atoms with Crippen molar-refractivity contribution in [2.24, 2.45) is 5.92 Å². The highest BCUT2D eigenvalue weighted by molar-refractivity contribution is 6.51. The number of aliphatic hydroxyl groups is 1. The standard InChI is InChI=1S/C29H27NO6/c1-17(2)15-34-22-10-8-21(9-11-22)30-26(19-6-4-5-18(3)13-19)25(28(32)29(30)33)27(31)20-7-12-23-24(14-20)36-16-35-23/h4-14,17,26,31H,15-16H2,1-3H3/b27-25-. The molecule has 36 heavy (non-hydrogen) atoms. The van der Waals surface area contributed by atoms with E-state index >= 15 is 0 Å². The maximum Gasteiger partial charge on any atom is 0.300 e. The second-order valence-corrected chi connectivity index (χ2v) is 9.35. The van der Waals surface area contributed by atoms with Gasteiger partial charge in [0.05, 0.1) is 18.2 Å². The molecule has 1 unspecified atom stereocenters. The van der Waals surface area contributed by atoms with Crippen LogP contribution in [0.15, 0.2) is 72.3 Å². The first-order valence-electron chi connectivity index (χ1n) is 11.8. The average molecular weight is 486 g/mol. The number of amides is 1. The van der Waals surface area contributed by atoms with E-state index in [0.717, 1.165) is 11.1 Å². The van der Waals surface area contributed by atoms with Crippen LogP contribution in [0, 0.1) is 12.8 Å². The lowest BCUT2D eigenvalue weighted by Crippen LogP contribution is -2.29. The van der Waals surface area contributed by atoms with Crippen LogP contribution in [0.1, 0.15) is 36.6 Å². The van der Waals surface area contributed by atoms with Crippen molar-refractivity contribution < 1.29 is 28.9 Å². The molecule has 3 aromatic rings. The number of aliphatic hydroxyl groups excluding tert-OH is 1. The molecule has 7 heteroatoms. The number of rotatable bonds is 6. The predicted molar refractivity (Wildman–Crippen MR) is 135 cm³/mol. The summed E-state index contributed by atoms with van der Waals surface area (Å²) in [4.78, 5) is 28.2. The molecule has 2 heterocycles. The summed E-state index contributed by atoms with van der Waals surface area (Å²) in [6.45, 7) is 6.73. The van der Waals surface area contributed by atoms with Gasteiger partial charge in [0.25, 0.3) is 11.7 Å². The van der Waals surface area contributed by atoms with E-state index in [-0.39, 0.29) is 18.1 Å². The fourth-order valence-corrected chi connectivity index (χ4v) is 4.42. The number of fused-ring (bicyclic) bond motifs is 1. The van der Waals surface area contributed by atoms with Gasteiger partial charge in [0.1, 0.15) is 11.5 Å². The fourth-order valence-electron chi connectivity index (χ4n) is 4.42. The van der Waals surface area contributed by atoms with Crippen LogP contribution >= 0.6 is 0 Å². The number of Topliss-reactive ketones (excluding diaryl/α,β-unsaturated/α-hetero) is 1.